The maximum Gasteiger partial charge on any atom is 0.169 e. The van der Waals surface area contributed by atoms with Gasteiger partial charge in [0.15, 0.2) is 4.34 Å². The molecule has 1 heterocycles. The Labute approximate surface area is 108 Å². The molecule has 0 fully saturated rings. The molecule has 0 spiro atoms. The first-order chi connectivity index (χ1) is 8.27. The van der Waals surface area contributed by atoms with Crippen LogP contribution in [0.4, 0.5) is 0 Å². The number of aromatic nitrogens is 2. The number of nitrogens with zero attached hydrogens (tertiary/aromatic N) is 2. The van der Waals surface area contributed by atoms with E-state index in [2.05, 4.69) is 9.36 Å². The van der Waals surface area contributed by atoms with Crippen molar-refractivity contribution >= 4 is 29.1 Å². The highest BCUT2D eigenvalue weighted by Crippen LogP contribution is 2.26. The third-order valence-electron chi connectivity index (χ3n) is 2.29. The van der Waals surface area contributed by atoms with Crippen LogP contribution in [0.15, 0.2) is 41.0 Å². The van der Waals surface area contributed by atoms with Crippen LogP contribution in [-0.2, 0) is 0 Å². The molecule has 0 bridgehead atoms. The second-order valence-electron chi connectivity index (χ2n) is 3.44. The molecule has 2 rings (SSSR count). The van der Waals surface area contributed by atoms with Crippen molar-refractivity contribution in [1.82, 2.24) is 9.36 Å². The average Bonchev–Trinajstić information content (AvgIpc) is 2.83. The molecule has 1 aromatic heterocycles. The summed E-state index contributed by atoms with van der Waals surface area (Å²) in [5.41, 5.74) is 6.71. The van der Waals surface area contributed by atoms with E-state index in [0.29, 0.717) is 5.75 Å². The molecule has 0 amide bonds. The topological polar surface area (TPSA) is 75.7 Å². The van der Waals surface area contributed by atoms with Gasteiger partial charge in [0.25, 0.3) is 0 Å². The van der Waals surface area contributed by atoms with Crippen molar-refractivity contribution in [2.75, 3.05) is 5.75 Å². The van der Waals surface area contributed by atoms with Crippen molar-refractivity contribution in [2.45, 2.75) is 10.3 Å². The predicted molar refractivity (Wildman–Crippen MR) is 71.7 cm³/mol. The minimum atomic E-state index is -0.0647. The van der Waals surface area contributed by atoms with Crippen molar-refractivity contribution in [3.05, 3.63) is 42.2 Å². The van der Waals surface area contributed by atoms with Gasteiger partial charge in [-0.1, -0.05) is 42.1 Å². The van der Waals surface area contributed by atoms with E-state index >= 15 is 0 Å². The molecule has 0 aliphatic carbocycles. The first-order valence-corrected chi connectivity index (χ1v) is 6.81. The van der Waals surface area contributed by atoms with Gasteiger partial charge in [0.1, 0.15) is 6.33 Å². The molecule has 0 saturated carbocycles. The number of hydrogen-bond acceptors (Lipinski definition) is 5. The second-order valence-corrected chi connectivity index (χ2v) is 5.48. The van der Waals surface area contributed by atoms with Gasteiger partial charge in [-0.05, 0) is 17.1 Å². The molecule has 2 aromatic rings. The molecular formula is C11H12N4S2. The van der Waals surface area contributed by atoms with Gasteiger partial charge in [0.05, 0.1) is 11.8 Å². The van der Waals surface area contributed by atoms with Gasteiger partial charge in [-0.15, -0.1) is 0 Å². The van der Waals surface area contributed by atoms with Crippen LogP contribution in [0.3, 0.4) is 0 Å². The van der Waals surface area contributed by atoms with Crippen molar-refractivity contribution < 1.29 is 0 Å². The quantitative estimate of drug-likeness (QED) is 0.494. The summed E-state index contributed by atoms with van der Waals surface area (Å²) in [5.74, 6) is 0.840. The molecule has 0 saturated heterocycles. The summed E-state index contributed by atoms with van der Waals surface area (Å²) in [6, 6.07) is 9.86. The van der Waals surface area contributed by atoms with E-state index in [9.17, 15) is 0 Å². The van der Waals surface area contributed by atoms with Crippen LogP contribution >= 0.6 is 23.3 Å². The maximum atomic E-state index is 7.65. The van der Waals surface area contributed by atoms with E-state index in [4.69, 9.17) is 11.1 Å². The van der Waals surface area contributed by atoms with Gasteiger partial charge in [-0.2, -0.15) is 4.37 Å². The zero-order chi connectivity index (χ0) is 12.1. The molecule has 4 nitrogen and oxygen atoms in total. The highest BCUT2D eigenvalue weighted by Gasteiger charge is 2.15. The van der Waals surface area contributed by atoms with E-state index in [-0.39, 0.29) is 11.8 Å². The molecular weight excluding hydrogens is 252 g/mol. The first-order valence-electron chi connectivity index (χ1n) is 5.05. The van der Waals surface area contributed by atoms with Crippen LogP contribution in [0.25, 0.3) is 0 Å². The van der Waals surface area contributed by atoms with Gasteiger partial charge in [-0.3, -0.25) is 5.41 Å². The average molecular weight is 264 g/mol. The Bertz CT molecular complexity index is 469. The lowest BCUT2D eigenvalue weighted by atomic mass is 10.0. The van der Waals surface area contributed by atoms with Gasteiger partial charge in [0.2, 0.25) is 0 Å². The minimum absolute atomic E-state index is 0.0647. The Kier molecular flexibility index (Phi) is 4.11. The Morgan fingerprint density at radius 3 is 2.76 bits per heavy atom. The SMILES string of the molecule is N=C(N)C(CSc1ncns1)c1ccccc1. The Balaban J connectivity index is 2.06. The predicted octanol–water partition coefficient (Wildman–Crippen LogP) is 2.35. The Morgan fingerprint density at radius 1 is 1.41 bits per heavy atom. The van der Waals surface area contributed by atoms with Gasteiger partial charge < -0.3 is 5.73 Å². The smallest absolute Gasteiger partial charge is 0.169 e. The van der Waals surface area contributed by atoms with Gasteiger partial charge in [0, 0.05) is 5.75 Å². The van der Waals surface area contributed by atoms with Crippen LogP contribution in [0.1, 0.15) is 11.5 Å². The number of benzene rings is 1. The molecule has 3 N–H and O–H groups in total. The zero-order valence-corrected chi connectivity index (χ0v) is 10.7. The van der Waals surface area contributed by atoms with Gasteiger partial charge >= 0.3 is 0 Å². The monoisotopic (exact) mass is 264 g/mol. The minimum Gasteiger partial charge on any atom is -0.387 e. The molecule has 1 atom stereocenters. The summed E-state index contributed by atoms with van der Waals surface area (Å²) in [5, 5.41) is 7.65. The molecule has 1 unspecified atom stereocenters. The number of rotatable bonds is 5. The van der Waals surface area contributed by atoms with E-state index in [0.717, 1.165) is 9.90 Å². The fourth-order valence-electron chi connectivity index (χ4n) is 1.43. The number of thioether (sulfide) groups is 1. The third kappa shape index (κ3) is 3.28. The number of nitrogens with two attached hydrogens (primary N) is 1. The largest absolute Gasteiger partial charge is 0.387 e. The van der Waals surface area contributed by atoms with E-state index < -0.39 is 0 Å². The van der Waals surface area contributed by atoms with Gasteiger partial charge in [-0.25, -0.2) is 4.98 Å². The summed E-state index contributed by atoms with van der Waals surface area (Å²) >= 11 is 2.94. The van der Waals surface area contributed by atoms with Crippen LogP contribution in [0.5, 0.6) is 0 Å². The van der Waals surface area contributed by atoms with Crippen molar-refractivity contribution in [2.24, 2.45) is 5.73 Å². The van der Waals surface area contributed by atoms with Crippen molar-refractivity contribution in [3.63, 3.8) is 0 Å². The Hall–Kier alpha value is -1.40. The summed E-state index contributed by atoms with van der Waals surface area (Å²) in [7, 11) is 0. The third-order valence-corrected chi connectivity index (χ3v) is 4.18. The van der Waals surface area contributed by atoms with E-state index in [1.54, 1.807) is 11.8 Å². The lowest BCUT2D eigenvalue weighted by Crippen LogP contribution is -2.22. The highest BCUT2D eigenvalue weighted by atomic mass is 32.2. The summed E-state index contributed by atoms with van der Waals surface area (Å²) < 4.78 is 4.85. The lowest BCUT2D eigenvalue weighted by molar-refractivity contribution is 1.00. The van der Waals surface area contributed by atoms with E-state index in [1.807, 2.05) is 30.3 Å². The number of amidine groups is 1. The summed E-state index contributed by atoms with van der Waals surface area (Å²) in [6.45, 7) is 0. The number of nitrogens with one attached hydrogen (secondary N) is 1. The second kappa shape index (κ2) is 5.79. The maximum absolute atomic E-state index is 7.65. The van der Waals surface area contributed by atoms with E-state index in [1.165, 1.54) is 17.9 Å². The lowest BCUT2D eigenvalue weighted by Gasteiger charge is -2.14. The number of hydrogen-bond donors (Lipinski definition) is 2. The Morgan fingerprint density at radius 2 is 2.18 bits per heavy atom. The highest BCUT2D eigenvalue weighted by molar-refractivity contribution is 8.01. The standard InChI is InChI=1S/C11H12N4S2/c12-10(13)9(8-4-2-1-3-5-8)6-16-11-14-7-15-17-11/h1-5,7,9H,6H2,(H3,12,13). The fourth-order valence-corrected chi connectivity index (χ4v) is 3.06. The molecule has 0 aliphatic heterocycles. The van der Waals surface area contributed by atoms with Crippen LogP contribution < -0.4 is 5.73 Å². The van der Waals surface area contributed by atoms with Crippen LogP contribution in [0, 0.1) is 5.41 Å². The fraction of sp³-hybridized carbons (Fsp3) is 0.182. The normalized spacial score (nSPS) is 12.2. The molecule has 0 radical (unpaired) electrons. The van der Waals surface area contributed by atoms with Crippen molar-refractivity contribution in [1.29, 1.82) is 5.41 Å². The first kappa shape index (κ1) is 12.1. The molecule has 0 aliphatic rings. The molecule has 17 heavy (non-hydrogen) atoms. The molecule has 6 heteroatoms. The summed E-state index contributed by atoms with van der Waals surface area (Å²) in [6.07, 6.45) is 1.54. The zero-order valence-electron chi connectivity index (χ0n) is 9.04. The van der Waals surface area contributed by atoms with Crippen molar-refractivity contribution in [3.8, 4) is 0 Å². The molecule has 88 valence electrons. The van der Waals surface area contributed by atoms with Crippen LogP contribution in [-0.4, -0.2) is 20.9 Å². The van der Waals surface area contributed by atoms with Crippen LogP contribution in [0.2, 0.25) is 0 Å². The summed E-state index contributed by atoms with van der Waals surface area (Å²) in [4.78, 5) is 4.10. The molecule has 1 aromatic carbocycles.